The molecule has 100 valence electrons. The minimum absolute atomic E-state index is 0.131. The summed E-state index contributed by atoms with van der Waals surface area (Å²) in [6.45, 7) is 0. The van der Waals surface area contributed by atoms with Crippen molar-refractivity contribution in [3.8, 4) is 0 Å². The largest absolute Gasteiger partial charge is 0.345 e. The number of nitrogens with one attached hydrogen (secondary N) is 6. The summed E-state index contributed by atoms with van der Waals surface area (Å²) in [5.74, 6) is -0.300. The van der Waals surface area contributed by atoms with Crippen LogP contribution in [0.4, 0.5) is 0 Å². The lowest BCUT2D eigenvalue weighted by molar-refractivity contribution is -0.122. The molecule has 8 nitrogen and oxygen atoms in total. The van der Waals surface area contributed by atoms with Crippen LogP contribution in [0.5, 0.6) is 0 Å². The predicted molar refractivity (Wildman–Crippen MR) is 65.7 cm³/mol. The van der Waals surface area contributed by atoms with Crippen molar-refractivity contribution in [2.45, 2.75) is 18.8 Å². The zero-order chi connectivity index (χ0) is 13.2. The molecule has 0 spiro atoms. The molecule has 1 saturated heterocycles. The van der Waals surface area contributed by atoms with E-state index < -0.39 is 0 Å². The molecule has 8 heteroatoms. The highest BCUT2D eigenvalue weighted by atomic mass is 16.2. The van der Waals surface area contributed by atoms with Gasteiger partial charge in [-0.3, -0.25) is 9.59 Å². The van der Waals surface area contributed by atoms with E-state index in [2.05, 4.69) is 32.6 Å². The first-order valence-electron chi connectivity index (χ1n) is 5.94. The van der Waals surface area contributed by atoms with Crippen LogP contribution < -0.4 is 32.6 Å². The maximum absolute atomic E-state index is 11.9. The standard InChI is InChI=1S/C11H14N6O2/c18-9(13-11-14-16-17-15-11)5-8-6-3-1-2-4-7(6)10(19)12-8/h1-4,8,11,14-17H,5H2,(H,12,19)(H,13,18). The van der Waals surface area contributed by atoms with Gasteiger partial charge in [0.2, 0.25) is 5.91 Å². The van der Waals surface area contributed by atoms with Crippen LogP contribution in [-0.4, -0.2) is 18.1 Å². The number of hydrogen-bond acceptors (Lipinski definition) is 6. The van der Waals surface area contributed by atoms with E-state index in [4.69, 9.17) is 0 Å². The number of carbonyl (C=O) groups is 2. The fraction of sp³-hybridized carbons (Fsp3) is 0.273. The molecule has 6 N–H and O–H groups in total. The molecular weight excluding hydrogens is 248 g/mol. The minimum atomic E-state index is -0.389. The summed E-state index contributed by atoms with van der Waals surface area (Å²) in [6.07, 6.45) is -0.192. The Morgan fingerprint density at radius 2 is 1.95 bits per heavy atom. The van der Waals surface area contributed by atoms with Crippen LogP contribution in [-0.2, 0) is 4.79 Å². The number of amides is 2. The number of carbonyl (C=O) groups excluding carboxylic acids is 2. The Kier molecular flexibility index (Phi) is 3.13. The van der Waals surface area contributed by atoms with Crippen LogP contribution in [0.3, 0.4) is 0 Å². The molecule has 3 rings (SSSR count). The lowest BCUT2D eigenvalue weighted by Gasteiger charge is -2.15. The van der Waals surface area contributed by atoms with Gasteiger partial charge in [-0.2, -0.15) is 11.1 Å². The van der Waals surface area contributed by atoms with E-state index in [1.54, 1.807) is 6.07 Å². The molecule has 0 aromatic heterocycles. The highest BCUT2D eigenvalue weighted by molar-refractivity contribution is 5.99. The molecule has 1 aromatic rings. The Balaban J connectivity index is 1.64. The third kappa shape index (κ3) is 2.42. The Hall–Kier alpha value is -2.00. The second-order valence-electron chi connectivity index (χ2n) is 4.36. The zero-order valence-electron chi connectivity index (χ0n) is 9.99. The Morgan fingerprint density at radius 1 is 1.21 bits per heavy atom. The van der Waals surface area contributed by atoms with Gasteiger partial charge < -0.3 is 10.6 Å². The van der Waals surface area contributed by atoms with E-state index in [-0.39, 0.29) is 30.6 Å². The van der Waals surface area contributed by atoms with Crippen molar-refractivity contribution >= 4 is 11.8 Å². The molecule has 1 unspecified atom stereocenters. The smallest absolute Gasteiger partial charge is 0.252 e. The molecule has 1 fully saturated rings. The third-order valence-electron chi connectivity index (χ3n) is 3.08. The molecule has 2 heterocycles. The van der Waals surface area contributed by atoms with Gasteiger partial charge >= 0.3 is 0 Å². The average molecular weight is 262 g/mol. The Bertz CT molecular complexity index is 514. The number of rotatable bonds is 3. The highest BCUT2D eigenvalue weighted by Crippen LogP contribution is 2.27. The zero-order valence-corrected chi connectivity index (χ0v) is 9.99. The van der Waals surface area contributed by atoms with Gasteiger partial charge in [-0.25, -0.2) is 10.9 Å². The summed E-state index contributed by atoms with van der Waals surface area (Å²) >= 11 is 0. The van der Waals surface area contributed by atoms with E-state index in [9.17, 15) is 9.59 Å². The molecule has 2 aliphatic heterocycles. The van der Waals surface area contributed by atoms with Crippen molar-refractivity contribution in [2.24, 2.45) is 0 Å². The van der Waals surface area contributed by atoms with Gasteiger partial charge in [0.15, 0.2) is 6.29 Å². The first-order chi connectivity index (χ1) is 9.24. The summed E-state index contributed by atoms with van der Waals surface area (Å²) in [5.41, 5.74) is 12.2. The molecule has 1 aromatic carbocycles. The molecule has 0 radical (unpaired) electrons. The van der Waals surface area contributed by atoms with Crippen LogP contribution in [0.2, 0.25) is 0 Å². The molecule has 2 amide bonds. The first kappa shape index (κ1) is 12.1. The van der Waals surface area contributed by atoms with E-state index >= 15 is 0 Å². The van der Waals surface area contributed by atoms with Gasteiger partial charge in [-0.05, 0) is 11.6 Å². The maximum Gasteiger partial charge on any atom is 0.252 e. The van der Waals surface area contributed by atoms with Gasteiger partial charge in [-0.1, -0.05) is 18.2 Å². The van der Waals surface area contributed by atoms with Crippen molar-refractivity contribution in [3.63, 3.8) is 0 Å². The monoisotopic (exact) mass is 262 g/mol. The quantitative estimate of drug-likeness (QED) is 0.391. The summed E-state index contributed by atoms with van der Waals surface area (Å²) in [5, 5.41) is 5.52. The molecule has 2 aliphatic rings. The molecule has 19 heavy (non-hydrogen) atoms. The number of fused-ring (bicyclic) bond motifs is 1. The fourth-order valence-electron chi connectivity index (χ4n) is 2.21. The predicted octanol–water partition coefficient (Wildman–Crippen LogP) is -1.62. The summed E-state index contributed by atoms with van der Waals surface area (Å²) in [7, 11) is 0. The van der Waals surface area contributed by atoms with E-state index in [1.807, 2.05) is 18.2 Å². The first-order valence-corrected chi connectivity index (χ1v) is 5.94. The van der Waals surface area contributed by atoms with Crippen molar-refractivity contribution < 1.29 is 9.59 Å². The van der Waals surface area contributed by atoms with Gasteiger partial charge in [0.25, 0.3) is 5.91 Å². The van der Waals surface area contributed by atoms with Crippen LogP contribution >= 0.6 is 0 Å². The lowest BCUT2D eigenvalue weighted by Crippen LogP contribution is -2.50. The SMILES string of the molecule is O=C(CC1NC(=O)c2ccccc21)NC1NNNN1. The molecule has 0 aliphatic carbocycles. The fourth-order valence-corrected chi connectivity index (χ4v) is 2.21. The maximum atomic E-state index is 11.9. The van der Waals surface area contributed by atoms with Crippen LogP contribution in [0.15, 0.2) is 24.3 Å². The normalized spacial score (nSPS) is 22.1. The average Bonchev–Trinajstić information content (AvgIpc) is 3.00. The lowest BCUT2D eigenvalue weighted by atomic mass is 10.0. The van der Waals surface area contributed by atoms with E-state index in [1.165, 1.54) is 0 Å². The van der Waals surface area contributed by atoms with E-state index in [0.717, 1.165) is 5.56 Å². The van der Waals surface area contributed by atoms with Gasteiger partial charge in [0.1, 0.15) is 0 Å². The summed E-state index contributed by atoms with van der Waals surface area (Å²) < 4.78 is 0. The van der Waals surface area contributed by atoms with Crippen molar-refractivity contribution in [3.05, 3.63) is 35.4 Å². The van der Waals surface area contributed by atoms with Crippen molar-refractivity contribution in [1.29, 1.82) is 0 Å². The Morgan fingerprint density at radius 3 is 2.74 bits per heavy atom. The highest BCUT2D eigenvalue weighted by Gasteiger charge is 2.30. The number of benzene rings is 1. The number of hydrogen-bond donors (Lipinski definition) is 6. The summed E-state index contributed by atoms with van der Waals surface area (Å²) in [6, 6.07) is 7.02. The molecular formula is C11H14N6O2. The van der Waals surface area contributed by atoms with Gasteiger partial charge in [-0.15, -0.1) is 0 Å². The Labute approximate surface area is 109 Å². The molecule has 0 bridgehead atoms. The second-order valence-corrected chi connectivity index (χ2v) is 4.36. The van der Waals surface area contributed by atoms with Crippen LogP contribution in [0, 0.1) is 0 Å². The van der Waals surface area contributed by atoms with Crippen LogP contribution in [0.25, 0.3) is 0 Å². The summed E-state index contributed by atoms with van der Waals surface area (Å²) in [4.78, 5) is 23.6. The van der Waals surface area contributed by atoms with Gasteiger partial charge in [0, 0.05) is 5.56 Å². The number of hydrazine groups is 3. The van der Waals surface area contributed by atoms with Gasteiger partial charge in [0.05, 0.1) is 12.5 Å². The second kappa shape index (κ2) is 4.94. The topological polar surface area (TPSA) is 106 Å². The minimum Gasteiger partial charge on any atom is -0.345 e. The van der Waals surface area contributed by atoms with E-state index in [0.29, 0.717) is 5.56 Å². The third-order valence-corrected chi connectivity index (χ3v) is 3.08. The van der Waals surface area contributed by atoms with Crippen molar-refractivity contribution in [2.75, 3.05) is 0 Å². The molecule has 1 atom stereocenters. The van der Waals surface area contributed by atoms with Crippen LogP contribution in [0.1, 0.15) is 28.4 Å². The molecule has 0 saturated carbocycles. The van der Waals surface area contributed by atoms with Crippen molar-refractivity contribution in [1.82, 2.24) is 32.6 Å².